The van der Waals surface area contributed by atoms with Crippen LogP contribution in [0.25, 0.3) is 0 Å². The van der Waals surface area contributed by atoms with Crippen LogP contribution >= 0.6 is 0 Å². The fourth-order valence-electron chi connectivity index (χ4n) is 5.59. The van der Waals surface area contributed by atoms with Gasteiger partial charge in [0.2, 0.25) is 0 Å². The van der Waals surface area contributed by atoms with Gasteiger partial charge >= 0.3 is 0 Å². The molecule has 0 spiro atoms. The van der Waals surface area contributed by atoms with Crippen LogP contribution in [-0.2, 0) is 16.2 Å². The van der Waals surface area contributed by atoms with Crippen molar-refractivity contribution in [3.05, 3.63) is 82.2 Å². The van der Waals surface area contributed by atoms with Crippen LogP contribution in [0.2, 0.25) is 0 Å². The number of amides is 1. The number of hydrogen-bond donors (Lipinski definition) is 1. The SMILES string of the molecule is COc1cc(C2C(C(=O)N3CCCCC3)=C(C)NC3=C2C(=O)CCC3)ccc1OCc1ccccc1. The van der Waals surface area contributed by atoms with Crippen molar-refractivity contribution in [1.29, 1.82) is 0 Å². The molecule has 36 heavy (non-hydrogen) atoms. The Hall–Kier alpha value is -3.54. The number of likely N-dealkylation sites (tertiary alicyclic amines) is 1. The van der Waals surface area contributed by atoms with Crippen molar-refractivity contribution < 1.29 is 19.1 Å². The first kappa shape index (κ1) is 24.2. The molecule has 6 heteroatoms. The lowest BCUT2D eigenvalue weighted by Gasteiger charge is -2.37. The summed E-state index contributed by atoms with van der Waals surface area (Å²) in [4.78, 5) is 29.0. The Kier molecular flexibility index (Phi) is 7.12. The summed E-state index contributed by atoms with van der Waals surface area (Å²) in [7, 11) is 1.62. The number of dihydropyridines is 1. The number of carbonyl (C=O) groups excluding carboxylic acids is 2. The summed E-state index contributed by atoms with van der Waals surface area (Å²) in [5.74, 6) is 0.953. The Morgan fingerprint density at radius 1 is 1.00 bits per heavy atom. The molecule has 0 saturated carbocycles. The van der Waals surface area contributed by atoms with Crippen molar-refractivity contribution >= 4 is 11.7 Å². The molecule has 2 aliphatic heterocycles. The van der Waals surface area contributed by atoms with E-state index in [1.807, 2.05) is 60.4 Å². The molecule has 0 radical (unpaired) electrons. The molecule has 3 aliphatic rings. The number of hydrogen-bond acceptors (Lipinski definition) is 5. The van der Waals surface area contributed by atoms with Crippen molar-refractivity contribution in [3.8, 4) is 11.5 Å². The maximum Gasteiger partial charge on any atom is 0.252 e. The second kappa shape index (κ2) is 10.6. The van der Waals surface area contributed by atoms with Crippen LogP contribution in [0, 0.1) is 0 Å². The second-order valence-electron chi connectivity index (χ2n) is 9.80. The van der Waals surface area contributed by atoms with E-state index in [4.69, 9.17) is 9.47 Å². The molecule has 0 aromatic heterocycles. The summed E-state index contributed by atoms with van der Waals surface area (Å²) < 4.78 is 11.8. The molecule has 6 nitrogen and oxygen atoms in total. The van der Waals surface area contributed by atoms with Crippen molar-refractivity contribution in [2.75, 3.05) is 20.2 Å². The number of carbonyl (C=O) groups is 2. The van der Waals surface area contributed by atoms with E-state index in [1.165, 1.54) is 0 Å². The average Bonchev–Trinajstić information content (AvgIpc) is 2.92. The van der Waals surface area contributed by atoms with Gasteiger partial charge in [0.15, 0.2) is 17.3 Å². The maximum absolute atomic E-state index is 13.8. The predicted molar refractivity (Wildman–Crippen MR) is 139 cm³/mol. The third kappa shape index (κ3) is 4.77. The van der Waals surface area contributed by atoms with Gasteiger partial charge in [-0.05, 0) is 62.3 Å². The third-order valence-corrected chi connectivity index (χ3v) is 7.41. The zero-order valence-corrected chi connectivity index (χ0v) is 21.1. The number of ether oxygens (including phenoxy) is 2. The van der Waals surface area contributed by atoms with Crippen LogP contribution in [0.4, 0.5) is 0 Å². The molecule has 1 unspecified atom stereocenters. The van der Waals surface area contributed by atoms with E-state index in [2.05, 4.69) is 5.32 Å². The summed E-state index contributed by atoms with van der Waals surface area (Å²) >= 11 is 0. The van der Waals surface area contributed by atoms with Gasteiger partial charge in [0.05, 0.1) is 7.11 Å². The van der Waals surface area contributed by atoms with E-state index in [1.54, 1.807) is 7.11 Å². The fourth-order valence-corrected chi connectivity index (χ4v) is 5.59. The van der Waals surface area contributed by atoms with Crippen LogP contribution < -0.4 is 14.8 Å². The van der Waals surface area contributed by atoms with Crippen LogP contribution in [-0.4, -0.2) is 36.8 Å². The molecule has 2 aromatic carbocycles. The summed E-state index contributed by atoms with van der Waals surface area (Å²) in [6.07, 6.45) is 5.34. The highest BCUT2D eigenvalue weighted by atomic mass is 16.5. The van der Waals surface area contributed by atoms with Gasteiger partial charge in [-0.25, -0.2) is 0 Å². The van der Waals surface area contributed by atoms with E-state index < -0.39 is 5.92 Å². The van der Waals surface area contributed by atoms with Crippen LogP contribution in [0.1, 0.15) is 62.5 Å². The molecule has 5 rings (SSSR count). The number of nitrogens with one attached hydrogen (secondary N) is 1. The first-order chi connectivity index (χ1) is 17.6. The van der Waals surface area contributed by atoms with Gasteiger partial charge in [-0.15, -0.1) is 0 Å². The van der Waals surface area contributed by atoms with E-state index in [0.29, 0.717) is 30.1 Å². The lowest BCUT2D eigenvalue weighted by molar-refractivity contribution is -0.128. The molecule has 1 atom stereocenters. The minimum absolute atomic E-state index is 0.0259. The van der Waals surface area contributed by atoms with Gasteiger partial charge in [-0.1, -0.05) is 36.4 Å². The molecule has 188 valence electrons. The van der Waals surface area contributed by atoms with E-state index in [-0.39, 0.29) is 11.7 Å². The van der Waals surface area contributed by atoms with Crippen molar-refractivity contribution in [1.82, 2.24) is 10.2 Å². The molecule has 1 amide bonds. The van der Waals surface area contributed by atoms with E-state index >= 15 is 0 Å². The number of benzene rings is 2. The number of methoxy groups -OCH3 is 1. The molecule has 2 heterocycles. The Morgan fingerprint density at radius 2 is 1.78 bits per heavy atom. The molecule has 1 N–H and O–H groups in total. The monoisotopic (exact) mass is 486 g/mol. The zero-order chi connectivity index (χ0) is 25.1. The summed E-state index contributed by atoms with van der Waals surface area (Å²) in [6, 6.07) is 15.8. The molecule has 0 bridgehead atoms. The summed E-state index contributed by atoms with van der Waals surface area (Å²) in [6.45, 7) is 3.91. The Labute approximate surface area is 213 Å². The number of piperidine rings is 1. The number of rotatable bonds is 6. The summed E-state index contributed by atoms with van der Waals surface area (Å²) in [5.41, 5.74) is 5.14. The van der Waals surface area contributed by atoms with Gasteiger partial charge in [0.1, 0.15) is 6.61 Å². The smallest absolute Gasteiger partial charge is 0.252 e. The Balaban J connectivity index is 1.52. The Bertz CT molecular complexity index is 1210. The molecule has 1 aliphatic carbocycles. The van der Waals surface area contributed by atoms with Gasteiger partial charge in [-0.2, -0.15) is 0 Å². The highest BCUT2D eigenvalue weighted by Crippen LogP contribution is 2.44. The number of ketones is 1. The summed E-state index contributed by atoms with van der Waals surface area (Å²) in [5, 5.41) is 3.43. The fraction of sp³-hybridized carbons (Fsp3) is 0.400. The minimum atomic E-state index is -0.416. The normalized spacial score (nSPS) is 20.1. The topological polar surface area (TPSA) is 67.9 Å². The maximum atomic E-state index is 13.8. The largest absolute Gasteiger partial charge is 0.493 e. The highest BCUT2D eigenvalue weighted by Gasteiger charge is 2.40. The molecular weight excluding hydrogens is 452 g/mol. The number of Topliss-reactive ketones (excluding diaryl/α,β-unsaturated/α-hetero) is 1. The zero-order valence-electron chi connectivity index (χ0n) is 21.1. The van der Waals surface area contributed by atoms with E-state index in [0.717, 1.165) is 73.3 Å². The van der Waals surface area contributed by atoms with Crippen molar-refractivity contribution in [2.24, 2.45) is 0 Å². The third-order valence-electron chi connectivity index (χ3n) is 7.41. The van der Waals surface area contributed by atoms with E-state index in [9.17, 15) is 9.59 Å². The number of allylic oxidation sites excluding steroid dienone is 3. The second-order valence-corrected chi connectivity index (χ2v) is 9.80. The Morgan fingerprint density at radius 3 is 2.53 bits per heavy atom. The van der Waals surface area contributed by atoms with Gasteiger partial charge in [0, 0.05) is 48.0 Å². The standard InChI is InChI=1S/C30H34N2O4/c1-20-27(30(34)32-16-7-4-8-17-32)28(29-23(31-20)12-9-13-24(29)33)22-14-15-25(26(18-22)35-2)36-19-21-10-5-3-6-11-21/h3,5-6,10-11,14-15,18,28,31H,4,7-9,12-13,16-17,19H2,1-2H3. The van der Waals surface area contributed by atoms with Crippen LogP contribution in [0.5, 0.6) is 11.5 Å². The van der Waals surface area contributed by atoms with Gasteiger partial charge < -0.3 is 19.7 Å². The first-order valence-electron chi connectivity index (χ1n) is 12.9. The first-order valence-corrected chi connectivity index (χ1v) is 12.9. The van der Waals surface area contributed by atoms with Crippen molar-refractivity contribution in [2.45, 2.75) is 58.0 Å². The molecule has 1 saturated heterocycles. The van der Waals surface area contributed by atoms with Gasteiger partial charge in [0.25, 0.3) is 5.91 Å². The van der Waals surface area contributed by atoms with Gasteiger partial charge in [-0.3, -0.25) is 9.59 Å². The lowest BCUT2D eigenvalue weighted by Crippen LogP contribution is -2.42. The molecular formula is C30H34N2O4. The van der Waals surface area contributed by atoms with Crippen LogP contribution in [0.15, 0.2) is 71.1 Å². The number of nitrogens with zero attached hydrogens (tertiary/aromatic N) is 1. The molecule has 1 fully saturated rings. The quantitative estimate of drug-likeness (QED) is 0.604. The van der Waals surface area contributed by atoms with Crippen molar-refractivity contribution in [3.63, 3.8) is 0 Å². The van der Waals surface area contributed by atoms with Crippen LogP contribution in [0.3, 0.4) is 0 Å². The predicted octanol–water partition coefficient (Wildman–Crippen LogP) is 5.25. The lowest BCUT2D eigenvalue weighted by atomic mass is 9.74. The highest BCUT2D eigenvalue weighted by molar-refractivity contribution is 6.05. The average molecular weight is 487 g/mol. The minimum Gasteiger partial charge on any atom is -0.493 e. The molecule has 2 aromatic rings.